The van der Waals surface area contributed by atoms with Crippen molar-refractivity contribution in [2.45, 2.75) is 26.4 Å². The zero-order valence-corrected chi connectivity index (χ0v) is 10.3. The fourth-order valence-corrected chi connectivity index (χ4v) is 1.19. The highest BCUT2D eigenvalue weighted by Crippen LogP contribution is 2.03. The van der Waals surface area contributed by atoms with Crippen LogP contribution in [0.3, 0.4) is 0 Å². The number of rotatable bonds is 7. The summed E-state index contributed by atoms with van der Waals surface area (Å²) in [6.07, 6.45) is 1.51. The Bertz CT molecular complexity index is 390. The normalized spacial score (nSPS) is 12.4. The Morgan fingerprint density at radius 1 is 1.59 bits per heavy atom. The molecule has 0 aliphatic carbocycles. The quantitative estimate of drug-likeness (QED) is 0.680. The zero-order chi connectivity index (χ0) is 12.7. The van der Waals surface area contributed by atoms with Crippen LogP contribution in [0.1, 0.15) is 13.8 Å². The molecule has 0 radical (unpaired) electrons. The molecule has 0 aliphatic heterocycles. The molecule has 0 aliphatic rings. The first-order valence-corrected chi connectivity index (χ1v) is 5.66. The molecule has 0 fully saturated rings. The lowest BCUT2D eigenvalue weighted by atomic mass is 10.4. The molecule has 1 aromatic rings. The lowest BCUT2D eigenvalue weighted by molar-refractivity contribution is 0.135. The monoisotopic (exact) mass is 241 g/mol. The number of aromatic nitrogens is 2. The van der Waals surface area contributed by atoms with E-state index in [2.05, 4.69) is 5.10 Å². The summed E-state index contributed by atoms with van der Waals surface area (Å²) in [7, 11) is 0. The third kappa shape index (κ3) is 4.97. The van der Waals surface area contributed by atoms with Gasteiger partial charge in [-0.25, -0.2) is 4.68 Å². The van der Waals surface area contributed by atoms with Crippen molar-refractivity contribution in [2.24, 2.45) is 5.73 Å². The van der Waals surface area contributed by atoms with Crippen LogP contribution in [-0.2, 0) is 11.3 Å². The lowest BCUT2D eigenvalue weighted by Crippen LogP contribution is -2.26. The van der Waals surface area contributed by atoms with E-state index in [-0.39, 0.29) is 11.6 Å². The maximum atomic E-state index is 11.6. The lowest BCUT2D eigenvalue weighted by Gasteiger charge is -2.09. The molecule has 1 aromatic heterocycles. The highest BCUT2D eigenvalue weighted by molar-refractivity contribution is 5.13. The third-order valence-corrected chi connectivity index (χ3v) is 2.01. The van der Waals surface area contributed by atoms with Crippen LogP contribution < -0.4 is 16.0 Å². The van der Waals surface area contributed by atoms with E-state index in [1.54, 1.807) is 0 Å². The van der Waals surface area contributed by atoms with Crippen molar-refractivity contribution in [3.05, 3.63) is 22.6 Å². The molecule has 0 saturated carbocycles. The SMILES string of the molecule is CCOCCn1ncc(OCC(C)N)cc1=O. The van der Waals surface area contributed by atoms with E-state index in [9.17, 15) is 4.79 Å². The van der Waals surface area contributed by atoms with Crippen molar-refractivity contribution in [1.82, 2.24) is 9.78 Å². The molecule has 17 heavy (non-hydrogen) atoms. The van der Waals surface area contributed by atoms with Gasteiger partial charge in [-0.2, -0.15) is 5.10 Å². The molecule has 2 N–H and O–H groups in total. The summed E-state index contributed by atoms with van der Waals surface area (Å²) in [5.74, 6) is 0.444. The first kappa shape index (κ1) is 13.7. The largest absolute Gasteiger partial charge is 0.490 e. The molecule has 0 saturated heterocycles. The first-order chi connectivity index (χ1) is 8.13. The van der Waals surface area contributed by atoms with Crippen LogP contribution in [0, 0.1) is 0 Å². The second-order valence-electron chi connectivity index (χ2n) is 3.74. The van der Waals surface area contributed by atoms with Crippen molar-refractivity contribution in [3.8, 4) is 5.75 Å². The summed E-state index contributed by atoms with van der Waals surface area (Å²) < 4.78 is 11.8. The Labute approximate surface area is 100 Å². The molecule has 0 bridgehead atoms. The van der Waals surface area contributed by atoms with Crippen molar-refractivity contribution in [3.63, 3.8) is 0 Å². The molecule has 0 aromatic carbocycles. The van der Waals surface area contributed by atoms with Crippen molar-refractivity contribution in [1.29, 1.82) is 0 Å². The number of nitrogens with zero attached hydrogens (tertiary/aromatic N) is 2. The highest BCUT2D eigenvalue weighted by atomic mass is 16.5. The smallest absolute Gasteiger partial charge is 0.270 e. The standard InChI is InChI=1S/C11H19N3O3/c1-3-16-5-4-14-11(15)6-10(7-13-14)17-8-9(2)12/h6-7,9H,3-5,8,12H2,1-2H3. The van der Waals surface area contributed by atoms with Crippen LogP contribution in [0.15, 0.2) is 17.1 Å². The van der Waals surface area contributed by atoms with Crippen molar-refractivity contribution >= 4 is 0 Å². The Morgan fingerprint density at radius 2 is 2.35 bits per heavy atom. The minimum atomic E-state index is -0.202. The maximum Gasteiger partial charge on any atom is 0.270 e. The minimum absolute atomic E-state index is 0.0737. The van der Waals surface area contributed by atoms with Crippen LogP contribution in [0.4, 0.5) is 0 Å². The molecule has 1 atom stereocenters. The van der Waals surface area contributed by atoms with Gasteiger partial charge >= 0.3 is 0 Å². The van der Waals surface area contributed by atoms with E-state index in [0.717, 1.165) is 0 Å². The van der Waals surface area contributed by atoms with Crippen LogP contribution in [0.25, 0.3) is 0 Å². The van der Waals surface area contributed by atoms with Gasteiger partial charge < -0.3 is 15.2 Å². The summed E-state index contributed by atoms with van der Waals surface area (Å²) in [5, 5.41) is 3.99. The molecule has 0 amide bonds. The fourth-order valence-electron chi connectivity index (χ4n) is 1.19. The van der Waals surface area contributed by atoms with E-state index in [1.165, 1.54) is 16.9 Å². The molecule has 6 nitrogen and oxygen atoms in total. The van der Waals surface area contributed by atoms with Gasteiger partial charge in [-0.3, -0.25) is 4.79 Å². The molecule has 1 rings (SSSR count). The Hall–Kier alpha value is -1.40. The van der Waals surface area contributed by atoms with E-state index in [4.69, 9.17) is 15.2 Å². The number of nitrogens with two attached hydrogens (primary N) is 1. The van der Waals surface area contributed by atoms with Crippen LogP contribution in [0.2, 0.25) is 0 Å². The van der Waals surface area contributed by atoms with Gasteiger partial charge in [-0.05, 0) is 13.8 Å². The Balaban J connectivity index is 2.56. The second kappa shape index (κ2) is 7.03. The van der Waals surface area contributed by atoms with E-state index in [1.807, 2.05) is 13.8 Å². The first-order valence-electron chi connectivity index (χ1n) is 5.66. The maximum absolute atomic E-state index is 11.6. The predicted octanol–water partition coefficient (Wildman–Crippen LogP) is 0.00580. The average molecular weight is 241 g/mol. The van der Waals surface area contributed by atoms with E-state index < -0.39 is 0 Å². The van der Waals surface area contributed by atoms with E-state index in [0.29, 0.717) is 32.1 Å². The summed E-state index contributed by atoms with van der Waals surface area (Å²) in [6, 6.07) is 1.33. The molecular formula is C11H19N3O3. The Kier molecular flexibility index (Phi) is 5.65. The highest BCUT2D eigenvalue weighted by Gasteiger charge is 2.02. The van der Waals surface area contributed by atoms with Gasteiger partial charge in [-0.15, -0.1) is 0 Å². The van der Waals surface area contributed by atoms with Gasteiger partial charge in [0.05, 0.1) is 19.3 Å². The average Bonchev–Trinajstić information content (AvgIpc) is 2.29. The molecular weight excluding hydrogens is 222 g/mol. The summed E-state index contributed by atoms with van der Waals surface area (Å²) in [5.41, 5.74) is 5.34. The number of hydrogen-bond acceptors (Lipinski definition) is 5. The number of ether oxygens (including phenoxy) is 2. The number of hydrogen-bond donors (Lipinski definition) is 1. The van der Waals surface area contributed by atoms with Gasteiger partial charge in [0.25, 0.3) is 5.56 Å². The van der Waals surface area contributed by atoms with E-state index >= 15 is 0 Å². The molecule has 0 spiro atoms. The third-order valence-electron chi connectivity index (χ3n) is 2.01. The van der Waals surface area contributed by atoms with Crippen LogP contribution >= 0.6 is 0 Å². The zero-order valence-electron chi connectivity index (χ0n) is 10.3. The predicted molar refractivity (Wildman–Crippen MR) is 64.1 cm³/mol. The van der Waals surface area contributed by atoms with Crippen LogP contribution in [-0.4, -0.2) is 35.6 Å². The molecule has 1 heterocycles. The molecule has 1 unspecified atom stereocenters. The van der Waals surface area contributed by atoms with Gasteiger partial charge in [-0.1, -0.05) is 0 Å². The molecule has 6 heteroatoms. The van der Waals surface area contributed by atoms with Gasteiger partial charge in [0.15, 0.2) is 0 Å². The van der Waals surface area contributed by atoms with Crippen molar-refractivity contribution < 1.29 is 9.47 Å². The summed E-state index contributed by atoms with van der Waals surface area (Å²) >= 11 is 0. The van der Waals surface area contributed by atoms with Gasteiger partial charge in [0, 0.05) is 18.7 Å². The summed E-state index contributed by atoms with van der Waals surface area (Å²) in [6.45, 7) is 5.65. The Morgan fingerprint density at radius 3 is 2.94 bits per heavy atom. The molecule has 96 valence electrons. The van der Waals surface area contributed by atoms with Crippen molar-refractivity contribution in [2.75, 3.05) is 19.8 Å². The minimum Gasteiger partial charge on any atom is -0.490 e. The topological polar surface area (TPSA) is 79.4 Å². The van der Waals surface area contributed by atoms with Gasteiger partial charge in [0.1, 0.15) is 12.4 Å². The van der Waals surface area contributed by atoms with Gasteiger partial charge in [0.2, 0.25) is 0 Å². The fraction of sp³-hybridized carbons (Fsp3) is 0.636. The summed E-state index contributed by atoms with van der Waals surface area (Å²) in [4.78, 5) is 11.6. The second-order valence-corrected chi connectivity index (χ2v) is 3.74. The van der Waals surface area contributed by atoms with Crippen LogP contribution in [0.5, 0.6) is 5.75 Å².